The van der Waals surface area contributed by atoms with Crippen molar-refractivity contribution in [2.45, 2.75) is 18.7 Å². The van der Waals surface area contributed by atoms with Gasteiger partial charge in [0.1, 0.15) is 5.75 Å². The highest BCUT2D eigenvalue weighted by molar-refractivity contribution is 7.90. The molecule has 7 nitrogen and oxygen atoms in total. The van der Waals surface area contributed by atoms with Gasteiger partial charge < -0.3 is 15.6 Å². The number of phenols is 1. The third-order valence-corrected chi connectivity index (χ3v) is 4.24. The minimum atomic E-state index is -3.88. The summed E-state index contributed by atoms with van der Waals surface area (Å²) >= 11 is 0. The number of carbonyl (C=O) groups is 1. The Morgan fingerprint density at radius 2 is 2.16 bits per heavy atom. The number of phenolic OH excluding ortho intramolecular Hbond substituents is 1. The molecule has 0 heterocycles. The first-order chi connectivity index (χ1) is 8.77. The number of hydrogen-bond donors (Lipinski definition) is 3. The van der Waals surface area contributed by atoms with Gasteiger partial charge in [-0.05, 0) is 25.1 Å². The zero-order valence-corrected chi connectivity index (χ0v) is 11.4. The van der Waals surface area contributed by atoms with Crippen LogP contribution in [-0.2, 0) is 26.1 Å². The number of ether oxygens (including phenoxy) is 1. The van der Waals surface area contributed by atoms with Gasteiger partial charge in [-0.2, -0.15) is 0 Å². The van der Waals surface area contributed by atoms with Crippen LogP contribution < -0.4 is 10.5 Å². The minimum absolute atomic E-state index is 0.0809. The fourth-order valence-corrected chi connectivity index (χ4v) is 2.30. The quantitative estimate of drug-likeness (QED) is 0.397. The number of benzene rings is 1. The highest BCUT2D eigenvalue weighted by Crippen LogP contribution is 2.19. The van der Waals surface area contributed by atoms with Crippen molar-refractivity contribution in [1.82, 2.24) is 4.72 Å². The van der Waals surface area contributed by atoms with E-state index >= 15 is 0 Å². The third-order valence-electron chi connectivity index (χ3n) is 2.57. The van der Waals surface area contributed by atoms with E-state index in [1.54, 1.807) is 0 Å². The van der Waals surface area contributed by atoms with Crippen molar-refractivity contribution in [3.8, 4) is 5.75 Å². The summed E-state index contributed by atoms with van der Waals surface area (Å²) in [4.78, 5) is 11.2. The standard InChI is InChI=1S/C11H16N2O5S/c1-7(11(15)18-2)19(16,17)13-6-8-5-9(12)3-4-10(8)14/h3-5,7,13-14H,6,12H2,1-2H3. The molecule has 0 aliphatic heterocycles. The number of carbonyl (C=O) groups excluding carboxylic acids is 1. The van der Waals surface area contributed by atoms with Crippen LogP contribution in [0.5, 0.6) is 5.75 Å². The number of hydrogen-bond acceptors (Lipinski definition) is 6. The second-order valence-electron chi connectivity index (χ2n) is 3.92. The number of methoxy groups -OCH3 is 1. The Labute approximate surface area is 111 Å². The number of nitrogen functional groups attached to an aromatic ring is 1. The fraction of sp³-hybridized carbons (Fsp3) is 0.364. The maximum Gasteiger partial charge on any atom is 0.325 e. The Kier molecular flexibility index (Phi) is 4.73. The Morgan fingerprint density at radius 3 is 2.74 bits per heavy atom. The Morgan fingerprint density at radius 1 is 1.53 bits per heavy atom. The molecule has 8 heteroatoms. The van der Waals surface area contributed by atoms with Crippen molar-refractivity contribution in [3.63, 3.8) is 0 Å². The summed E-state index contributed by atoms with van der Waals surface area (Å²) in [5, 5.41) is 8.21. The molecule has 0 saturated carbocycles. The topological polar surface area (TPSA) is 119 Å². The van der Waals surface area contributed by atoms with Gasteiger partial charge in [-0.15, -0.1) is 0 Å². The van der Waals surface area contributed by atoms with Crippen LogP contribution in [0.3, 0.4) is 0 Å². The number of sulfonamides is 1. The summed E-state index contributed by atoms with van der Waals surface area (Å²) < 4.78 is 30.1. The molecule has 106 valence electrons. The third kappa shape index (κ3) is 3.83. The van der Waals surface area contributed by atoms with Crippen LogP contribution in [-0.4, -0.2) is 31.9 Å². The number of esters is 1. The molecule has 1 unspecified atom stereocenters. The number of nitrogens with one attached hydrogen (secondary N) is 1. The lowest BCUT2D eigenvalue weighted by Crippen LogP contribution is -2.37. The summed E-state index contributed by atoms with van der Waals surface area (Å²) in [6.45, 7) is 1.05. The zero-order chi connectivity index (χ0) is 14.6. The Bertz CT molecular complexity index is 570. The molecule has 1 aromatic carbocycles. The monoisotopic (exact) mass is 288 g/mol. The molecule has 0 aromatic heterocycles. The van der Waals surface area contributed by atoms with Gasteiger partial charge in [-0.3, -0.25) is 4.79 Å². The van der Waals surface area contributed by atoms with Gasteiger partial charge >= 0.3 is 5.97 Å². The van der Waals surface area contributed by atoms with Crippen molar-refractivity contribution in [3.05, 3.63) is 23.8 Å². The average molecular weight is 288 g/mol. The van der Waals surface area contributed by atoms with E-state index in [9.17, 15) is 18.3 Å². The highest BCUT2D eigenvalue weighted by Gasteiger charge is 2.28. The highest BCUT2D eigenvalue weighted by atomic mass is 32.2. The van der Waals surface area contributed by atoms with Crippen molar-refractivity contribution < 1.29 is 23.1 Å². The van der Waals surface area contributed by atoms with E-state index in [0.29, 0.717) is 11.3 Å². The lowest BCUT2D eigenvalue weighted by molar-refractivity contribution is -0.139. The number of nitrogens with two attached hydrogens (primary N) is 1. The van der Waals surface area contributed by atoms with Crippen LogP contribution in [0.25, 0.3) is 0 Å². The smallest absolute Gasteiger partial charge is 0.325 e. The predicted octanol–water partition coefficient (Wildman–Crippen LogP) is -0.0447. The first kappa shape index (κ1) is 15.3. The first-order valence-electron chi connectivity index (χ1n) is 5.41. The van der Waals surface area contributed by atoms with Gasteiger partial charge in [-0.1, -0.05) is 0 Å². The summed E-state index contributed by atoms with van der Waals surface area (Å²) in [5.74, 6) is -0.938. The number of anilines is 1. The van der Waals surface area contributed by atoms with Crippen molar-refractivity contribution in [2.75, 3.05) is 12.8 Å². The van der Waals surface area contributed by atoms with E-state index in [1.807, 2.05) is 0 Å². The largest absolute Gasteiger partial charge is 0.508 e. The molecular formula is C11H16N2O5S. The van der Waals surface area contributed by atoms with Gasteiger partial charge in [0.25, 0.3) is 0 Å². The zero-order valence-electron chi connectivity index (χ0n) is 10.6. The molecule has 19 heavy (non-hydrogen) atoms. The first-order valence-corrected chi connectivity index (χ1v) is 6.96. The van der Waals surface area contributed by atoms with Crippen LogP contribution >= 0.6 is 0 Å². The number of rotatable bonds is 5. The van der Waals surface area contributed by atoms with Gasteiger partial charge in [0.15, 0.2) is 5.25 Å². The summed E-state index contributed by atoms with van der Waals surface area (Å²) in [6, 6.07) is 4.30. The van der Waals surface area contributed by atoms with Crippen molar-refractivity contribution >= 4 is 21.7 Å². The molecule has 0 aliphatic rings. The summed E-state index contributed by atoms with van der Waals surface area (Å²) in [6.07, 6.45) is 0. The van der Waals surface area contributed by atoms with Crippen LogP contribution in [0, 0.1) is 0 Å². The van der Waals surface area contributed by atoms with Crippen LogP contribution in [0.1, 0.15) is 12.5 Å². The molecule has 0 spiro atoms. The summed E-state index contributed by atoms with van der Waals surface area (Å²) in [7, 11) is -2.77. The minimum Gasteiger partial charge on any atom is -0.508 e. The molecule has 1 rings (SSSR count). The van der Waals surface area contributed by atoms with E-state index in [1.165, 1.54) is 25.1 Å². The summed E-state index contributed by atoms with van der Waals surface area (Å²) in [5.41, 5.74) is 6.25. The van der Waals surface area contributed by atoms with E-state index < -0.39 is 21.2 Å². The Balaban J connectivity index is 2.81. The SMILES string of the molecule is COC(=O)C(C)S(=O)(=O)NCc1cc(N)ccc1O. The molecule has 0 saturated heterocycles. The van der Waals surface area contributed by atoms with Crippen molar-refractivity contribution in [2.24, 2.45) is 0 Å². The molecule has 0 amide bonds. The van der Waals surface area contributed by atoms with Gasteiger partial charge in [-0.25, -0.2) is 13.1 Å². The van der Waals surface area contributed by atoms with Gasteiger partial charge in [0.05, 0.1) is 7.11 Å². The molecule has 1 atom stereocenters. The van der Waals surface area contributed by atoms with E-state index in [4.69, 9.17) is 5.73 Å². The molecular weight excluding hydrogens is 272 g/mol. The van der Waals surface area contributed by atoms with E-state index in [2.05, 4.69) is 9.46 Å². The molecule has 0 bridgehead atoms. The normalized spacial score (nSPS) is 12.9. The van der Waals surface area contributed by atoms with Crippen LogP contribution in [0.15, 0.2) is 18.2 Å². The second-order valence-corrected chi connectivity index (χ2v) is 6.01. The predicted molar refractivity (Wildman–Crippen MR) is 69.8 cm³/mol. The van der Waals surface area contributed by atoms with E-state index in [0.717, 1.165) is 7.11 Å². The molecule has 0 fully saturated rings. The van der Waals surface area contributed by atoms with Crippen molar-refractivity contribution in [1.29, 1.82) is 0 Å². The van der Waals surface area contributed by atoms with Crippen LogP contribution in [0.4, 0.5) is 5.69 Å². The Hall–Kier alpha value is -1.80. The maximum absolute atomic E-state index is 11.8. The van der Waals surface area contributed by atoms with Crippen LogP contribution in [0.2, 0.25) is 0 Å². The lowest BCUT2D eigenvalue weighted by Gasteiger charge is -2.12. The second kappa shape index (κ2) is 5.89. The lowest BCUT2D eigenvalue weighted by atomic mass is 10.2. The molecule has 1 aromatic rings. The maximum atomic E-state index is 11.8. The molecule has 0 radical (unpaired) electrons. The fourth-order valence-electron chi connectivity index (χ4n) is 1.34. The van der Waals surface area contributed by atoms with E-state index in [-0.39, 0.29) is 12.3 Å². The number of aromatic hydroxyl groups is 1. The molecule has 0 aliphatic carbocycles. The molecule has 4 N–H and O–H groups in total. The van der Waals surface area contributed by atoms with Gasteiger partial charge in [0.2, 0.25) is 10.0 Å². The van der Waals surface area contributed by atoms with Gasteiger partial charge in [0, 0.05) is 17.8 Å². The average Bonchev–Trinajstić information content (AvgIpc) is 2.38.